The Morgan fingerprint density at radius 1 is 0.793 bits per heavy atom. The summed E-state index contributed by atoms with van der Waals surface area (Å²) in [5.41, 5.74) is 5.67. The lowest BCUT2D eigenvalue weighted by Gasteiger charge is -2.16. The average Bonchev–Trinajstić information content (AvgIpc) is 2.77. The van der Waals surface area contributed by atoms with Crippen molar-refractivity contribution in [2.24, 2.45) is 0 Å². The number of pyridine rings is 1. The van der Waals surface area contributed by atoms with E-state index < -0.39 is 0 Å². The topological polar surface area (TPSA) is 40.6 Å². The van der Waals surface area contributed by atoms with Gasteiger partial charge in [-0.15, -0.1) is 0 Å². The first-order valence-electron chi connectivity index (χ1n) is 10.2. The lowest BCUT2D eigenvalue weighted by molar-refractivity contribution is 0.291. The Labute approximate surface area is 173 Å². The molecule has 0 aliphatic carbocycles. The Bertz CT molecular complexity index is 930. The van der Waals surface area contributed by atoms with Crippen LogP contribution in [-0.4, -0.2) is 18.7 Å². The average molecular weight is 392 g/mol. The van der Waals surface area contributed by atoms with Gasteiger partial charge in [-0.3, -0.25) is 4.98 Å². The van der Waals surface area contributed by atoms with Crippen LogP contribution in [0.1, 0.15) is 37.5 Å². The molecule has 0 radical (unpaired) electrons. The molecule has 0 N–H and O–H groups in total. The minimum absolute atomic E-state index is 0.377. The van der Waals surface area contributed by atoms with Crippen molar-refractivity contribution >= 4 is 0 Å². The fourth-order valence-corrected chi connectivity index (χ4v) is 3.45. The SMILES string of the molecule is CCOc1cccc(OCc2cnc(-c3c(CC)cccc3CC)cc2OC)c1. The van der Waals surface area contributed by atoms with E-state index in [-0.39, 0.29) is 0 Å². The van der Waals surface area contributed by atoms with E-state index in [0.29, 0.717) is 13.2 Å². The molecule has 4 heteroatoms. The lowest BCUT2D eigenvalue weighted by Crippen LogP contribution is -2.02. The number of aromatic nitrogens is 1. The summed E-state index contributed by atoms with van der Waals surface area (Å²) in [5.74, 6) is 2.34. The number of hydrogen-bond acceptors (Lipinski definition) is 4. The summed E-state index contributed by atoms with van der Waals surface area (Å²) in [6, 6.07) is 16.1. The molecule has 1 heterocycles. The van der Waals surface area contributed by atoms with Gasteiger partial charge in [0.05, 0.1) is 19.4 Å². The Morgan fingerprint density at radius 2 is 1.45 bits per heavy atom. The van der Waals surface area contributed by atoms with Gasteiger partial charge in [0.15, 0.2) is 0 Å². The zero-order valence-corrected chi connectivity index (χ0v) is 17.7. The van der Waals surface area contributed by atoms with E-state index in [1.807, 2.05) is 43.5 Å². The van der Waals surface area contributed by atoms with E-state index in [1.165, 1.54) is 16.7 Å². The number of rotatable bonds is 9. The summed E-state index contributed by atoms with van der Waals surface area (Å²) >= 11 is 0. The third-order valence-electron chi connectivity index (χ3n) is 4.93. The van der Waals surface area contributed by atoms with Crippen molar-refractivity contribution < 1.29 is 14.2 Å². The zero-order valence-electron chi connectivity index (χ0n) is 17.7. The second-order valence-corrected chi connectivity index (χ2v) is 6.74. The van der Waals surface area contributed by atoms with Gasteiger partial charge in [-0.25, -0.2) is 0 Å². The van der Waals surface area contributed by atoms with Crippen LogP contribution >= 0.6 is 0 Å². The Balaban J connectivity index is 1.86. The fraction of sp³-hybridized carbons (Fsp3) is 0.320. The molecule has 0 bridgehead atoms. The number of ether oxygens (including phenoxy) is 3. The van der Waals surface area contributed by atoms with Gasteiger partial charge in [0.1, 0.15) is 23.9 Å². The van der Waals surface area contributed by atoms with Crippen molar-refractivity contribution in [2.75, 3.05) is 13.7 Å². The number of aryl methyl sites for hydroxylation is 2. The maximum Gasteiger partial charge on any atom is 0.129 e. The van der Waals surface area contributed by atoms with E-state index in [1.54, 1.807) is 7.11 Å². The summed E-state index contributed by atoms with van der Waals surface area (Å²) in [6.07, 6.45) is 3.79. The number of nitrogens with zero attached hydrogens (tertiary/aromatic N) is 1. The molecule has 4 nitrogen and oxygen atoms in total. The molecule has 0 amide bonds. The second kappa shape index (κ2) is 9.97. The lowest BCUT2D eigenvalue weighted by atomic mass is 9.94. The van der Waals surface area contributed by atoms with Crippen LogP contribution in [0, 0.1) is 0 Å². The zero-order chi connectivity index (χ0) is 20.6. The molecule has 0 saturated carbocycles. The smallest absolute Gasteiger partial charge is 0.129 e. The van der Waals surface area contributed by atoms with Crippen LogP contribution in [0.25, 0.3) is 11.3 Å². The Morgan fingerprint density at radius 3 is 2.07 bits per heavy atom. The third-order valence-corrected chi connectivity index (χ3v) is 4.93. The van der Waals surface area contributed by atoms with E-state index in [9.17, 15) is 0 Å². The van der Waals surface area contributed by atoms with E-state index >= 15 is 0 Å². The second-order valence-electron chi connectivity index (χ2n) is 6.74. The molecular formula is C25H29NO3. The fourth-order valence-electron chi connectivity index (χ4n) is 3.45. The molecule has 2 aromatic carbocycles. The van der Waals surface area contributed by atoms with Gasteiger partial charge < -0.3 is 14.2 Å². The highest BCUT2D eigenvalue weighted by molar-refractivity contribution is 5.69. The first-order valence-corrected chi connectivity index (χ1v) is 10.2. The summed E-state index contributed by atoms with van der Waals surface area (Å²) in [4.78, 5) is 4.75. The molecule has 0 aliphatic heterocycles. The van der Waals surface area contributed by atoms with Gasteiger partial charge in [0.25, 0.3) is 0 Å². The highest BCUT2D eigenvalue weighted by Gasteiger charge is 2.14. The molecule has 0 saturated heterocycles. The van der Waals surface area contributed by atoms with Crippen LogP contribution in [0.5, 0.6) is 17.2 Å². The predicted octanol–water partition coefficient (Wildman–Crippen LogP) is 5.86. The molecule has 0 unspecified atom stereocenters. The molecule has 152 valence electrons. The van der Waals surface area contributed by atoms with Crippen molar-refractivity contribution in [1.29, 1.82) is 0 Å². The molecule has 29 heavy (non-hydrogen) atoms. The number of benzene rings is 2. The van der Waals surface area contributed by atoms with Crippen LogP contribution in [0.2, 0.25) is 0 Å². The van der Waals surface area contributed by atoms with Crippen LogP contribution in [0.3, 0.4) is 0 Å². The minimum atomic E-state index is 0.377. The van der Waals surface area contributed by atoms with Gasteiger partial charge in [0.2, 0.25) is 0 Å². The maximum atomic E-state index is 5.96. The van der Waals surface area contributed by atoms with Gasteiger partial charge in [0, 0.05) is 29.5 Å². The van der Waals surface area contributed by atoms with Crippen molar-refractivity contribution in [2.45, 2.75) is 40.2 Å². The standard InChI is InChI=1S/C25H29NO3/c1-5-18-10-8-11-19(6-2)25(18)23-15-24(27-4)20(16-26-23)17-29-22-13-9-12-21(14-22)28-7-3/h8-16H,5-7,17H2,1-4H3. The highest BCUT2D eigenvalue weighted by Crippen LogP contribution is 2.31. The summed E-state index contributed by atoms with van der Waals surface area (Å²) in [5, 5.41) is 0. The summed E-state index contributed by atoms with van der Waals surface area (Å²) < 4.78 is 17.2. The van der Waals surface area contributed by atoms with Crippen molar-refractivity contribution in [3.8, 4) is 28.5 Å². The molecule has 0 fully saturated rings. The van der Waals surface area contributed by atoms with Crippen LogP contribution in [0.4, 0.5) is 0 Å². The van der Waals surface area contributed by atoms with Gasteiger partial charge in [-0.2, -0.15) is 0 Å². The highest BCUT2D eigenvalue weighted by atomic mass is 16.5. The molecule has 0 spiro atoms. The maximum absolute atomic E-state index is 5.96. The van der Waals surface area contributed by atoms with Gasteiger partial charge in [-0.1, -0.05) is 38.1 Å². The van der Waals surface area contributed by atoms with E-state index in [2.05, 4.69) is 32.0 Å². The van der Waals surface area contributed by atoms with Crippen LogP contribution in [-0.2, 0) is 19.4 Å². The summed E-state index contributed by atoms with van der Waals surface area (Å²) in [7, 11) is 1.69. The molecule has 0 atom stereocenters. The molecule has 1 aromatic heterocycles. The largest absolute Gasteiger partial charge is 0.496 e. The van der Waals surface area contributed by atoms with Gasteiger partial charge >= 0.3 is 0 Å². The van der Waals surface area contributed by atoms with Crippen molar-refractivity contribution in [1.82, 2.24) is 4.98 Å². The number of methoxy groups -OCH3 is 1. The van der Waals surface area contributed by atoms with Crippen molar-refractivity contribution in [3.05, 3.63) is 71.4 Å². The molecule has 3 aromatic rings. The molecule has 3 rings (SSSR count). The Hall–Kier alpha value is -3.01. The first kappa shape index (κ1) is 20.7. The number of hydrogen-bond donors (Lipinski definition) is 0. The minimum Gasteiger partial charge on any atom is -0.496 e. The normalized spacial score (nSPS) is 10.6. The molecular weight excluding hydrogens is 362 g/mol. The van der Waals surface area contributed by atoms with Crippen LogP contribution < -0.4 is 14.2 Å². The molecule has 0 aliphatic rings. The first-order chi connectivity index (χ1) is 14.2. The third kappa shape index (κ3) is 4.89. The monoisotopic (exact) mass is 391 g/mol. The van der Waals surface area contributed by atoms with Gasteiger partial charge in [-0.05, 0) is 43.0 Å². The summed E-state index contributed by atoms with van der Waals surface area (Å²) in [6.45, 7) is 7.32. The van der Waals surface area contributed by atoms with E-state index in [4.69, 9.17) is 19.2 Å². The van der Waals surface area contributed by atoms with Crippen LogP contribution in [0.15, 0.2) is 54.7 Å². The van der Waals surface area contributed by atoms with Crippen molar-refractivity contribution in [3.63, 3.8) is 0 Å². The van der Waals surface area contributed by atoms with E-state index in [0.717, 1.165) is 41.3 Å². The predicted molar refractivity (Wildman–Crippen MR) is 117 cm³/mol. The Kier molecular flexibility index (Phi) is 7.12. The quantitative estimate of drug-likeness (QED) is 0.458.